The SMILES string of the molecule is COc1ccc(S(=O)(=O)Nc2cc(C(=O)O)cnc2N(C)CCCc2c(C)nn(C)c2C)cc1. The summed E-state index contributed by atoms with van der Waals surface area (Å²) >= 11 is 0. The standard InChI is InChI=1S/C23H29N5O5S/c1-15-20(16(2)28(4)25-15)7-6-12-27(3)22-21(13-17(14-24-22)23(29)30)26-34(31,32)19-10-8-18(33-5)9-11-19/h8-11,13-14,26H,6-7,12H2,1-5H3,(H,29,30). The summed E-state index contributed by atoms with van der Waals surface area (Å²) in [6.07, 6.45) is 2.79. The van der Waals surface area contributed by atoms with Crippen molar-refractivity contribution in [2.24, 2.45) is 7.05 Å². The Morgan fingerprint density at radius 3 is 2.47 bits per heavy atom. The van der Waals surface area contributed by atoms with Gasteiger partial charge in [-0.1, -0.05) is 0 Å². The van der Waals surface area contributed by atoms with Gasteiger partial charge in [0.05, 0.1) is 29.0 Å². The maximum atomic E-state index is 13.0. The van der Waals surface area contributed by atoms with Gasteiger partial charge in [-0.25, -0.2) is 18.2 Å². The minimum Gasteiger partial charge on any atom is -0.497 e. The number of ether oxygens (including phenoxy) is 1. The van der Waals surface area contributed by atoms with Crippen molar-refractivity contribution in [1.29, 1.82) is 0 Å². The molecule has 11 heteroatoms. The van der Waals surface area contributed by atoms with Crippen molar-refractivity contribution in [2.75, 3.05) is 30.3 Å². The Morgan fingerprint density at radius 2 is 1.91 bits per heavy atom. The van der Waals surface area contributed by atoms with Gasteiger partial charge in [-0.15, -0.1) is 0 Å². The highest BCUT2D eigenvalue weighted by Gasteiger charge is 2.20. The van der Waals surface area contributed by atoms with Crippen LogP contribution in [0.2, 0.25) is 0 Å². The van der Waals surface area contributed by atoms with Gasteiger partial charge in [0.2, 0.25) is 0 Å². The highest BCUT2D eigenvalue weighted by molar-refractivity contribution is 7.92. The number of pyridine rings is 1. The molecular weight excluding hydrogens is 458 g/mol. The molecule has 2 N–H and O–H groups in total. The van der Waals surface area contributed by atoms with Gasteiger partial charge in [-0.2, -0.15) is 5.10 Å². The first-order chi connectivity index (χ1) is 16.0. The van der Waals surface area contributed by atoms with Crippen LogP contribution in [0.25, 0.3) is 0 Å². The Morgan fingerprint density at radius 1 is 1.24 bits per heavy atom. The van der Waals surface area contributed by atoms with Crippen LogP contribution in [-0.4, -0.2) is 55.0 Å². The van der Waals surface area contributed by atoms with E-state index in [2.05, 4.69) is 14.8 Å². The number of rotatable bonds is 10. The van der Waals surface area contributed by atoms with Crippen molar-refractivity contribution in [1.82, 2.24) is 14.8 Å². The van der Waals surface area contributed by atoms with Crippen molar-refractivity contribution in [3.8, 4) is 5.75 Å². The van der Waals surface area contributed by atoms with Crippen LogP contribution >= 0.6 is 0 Å². The second kappa shape index (κ2) is 10.1. The van der Waals surface area contributed by atoms with Crippen LogP contribution in [0.15, 0.2) is 41.4 Å². The third-order valence-electron chi connectivity index (χ3n) is 5.67. The number of carbonyl (C=O) groups is 1. The van der Waals surface area contributed by atoms with E-state index in [1.54, 1.807) is 11.9 Å². The lowest BCUT2D eigenvalue weighted by atomic mass is 10.1. The van der Waals surface area contributed by atoms with Crippen molar-refractivity contribution in [3.63, 3.8) is 0 Å². The molecule has 0 atom stereocenters. The average molecular weight is 488 g/mol. The second-order valence-electron chi connectivity index (χ2n) is 7.98. The predicted molar refractivity (Wildman–Crippen MR) is 129 cm³/mol. The molecule has 0 saturated carbocycles. The van der Waals surface area contributed by atoms with Crippen molar-refractivity contribution in [3.05, 3.63) is 59.0 Å². The van der Waals surface area contributed by atoms with Crippen molar-refractivity contribution in [2.45, 2.75) is 31.6 Å². The third kappa shape index (κ3) is 5.48. The summed E-state index contributed by atoms with van der Waals surface area (Å²) < 4.78 is 35.4. The molecule has 10 nitrogen and oxygen atoms in total. The van der Waals surface area contributed by atoms with Crippen LogP contribution in [0.3, 0.4) is 0 Å². The number of sulfonamides is 1. The molecule has 0 saturated heterocycles. The van der Waals surface area contributed by atoms with Gasteiger partial charge in [-0.05, 0) is 62.6 Å². The number of carboxylic acids is 1. The first kappa shape index (κ1) is 25.0. The number of aromatic nitrogens is 3. The van der Waals surface area contributed by atoms with Gasteiger partial charge < -0.3 is 14.7 Å². The third-order valence-corrected chi connectivity index (χ3v) is 7.05. The summed E-state index contributed by atoms with van der Waals surface area (Å²) in [6, 6.07) is 7.18. The van der Waals surface area contributed by atoms with E-state index >= 15 is 0 Å². The number of nitrogens with zero attached hydrogens (tertiary/aromatic N) is 4. The number of aryl methyl sites for hydroxylation is 2. The van der Waals surface area contributed by atoms with Gasteiger partial charge in [0.1, 0.15) is 5.75 Å². The van der Waals surface area contributed by atoms with E-state index in [0.29, 0.717) is 18.1 Å². The molecule has 2 aromatic heterocycles. The summed E-state index contributed by atoms with van der Waals surface area (Å²) in [7, 11) is 1.20. The number of hydrogen-bond donors (Lipinski definition) is 2. The van der Waals surface area contributed by atoms with Crippen molar-refractivity contribution < 1.29 is 23.1 Å². The molecule has 0 amide bonds. The van der Waals surface area contributed by atoms with Crippen LogP contribution in [0, 0.1) is 13.8 Å². The van der Waals surface area contributed by atoms with Gasteiger partial charge in [0.25, 0.3) is 10.0 Å². The van der Waals surface area contributed by atoms with Gasteiger partial charge in [-0.3, -0.25) is 9.40 Å². The van der Waals surface area contributed by atoms with Gasteiger partial charge in [0.15, 0.2) is 5.82 Å². The maximum Gasteiger partial charge on any atom is 0.337 e. The molecule has 1 aromatic carbocycles. The topological polar surface area (TPSA) is 127 Å². The zero-order chi connectivity index (χ0) is 25.0. The van der Waals surface area contributed by atoms with Crippen LogP contribution < -0.4 is 14.4 Å². The molecule has 0 bridgehead atoms. The monoisotopic (exact) mass is 487 g/mol. The van der Waals surface area contributed by atoms with Crippen LogP contribution in [0.1, 0.15) is 33.7 Å². The van der Waals surface area contributed by atoms with E-state index in [4.69, 9.17) is 4.74 Å². The summed E-state index contributed by atoms with van der Waals surface area (Å²) in [4.78, 5) is 17.6. The number of aromatic carboxylic acids is 1. The molecule has 0 aliphatic heterocycles. The van der Waals surface area contributed by atoms with E-state index in [-0.39, 0.29) is 16.1 Å². The summed E-state index contributed by atoms with van der Waals surface area (Å²) in [5.74, 6) is -0.344. The molecule has 0 radical (unpaired) electrons. The molecule has 3 rings (SSSR count). The van der Waals surface area contributed by atoms with Crippen molar-refractivity contribution >= 4 is 27.5 Å². The number of benzene rings is 1. The predicted octanol–water partition coefficient (Wildman–Crippen LogP) is 3.01. The molecule has 0 fully saturated rings. The number of methoxy groups -OCH3 is 1. The Labute approximate surface area is 199 Å². The van der Waals surface area contributed by atoms with Crippen LogP contribution in [-0.2, 0) is 23.5 Å². The Kier molecular flexibility index (Phi) is 7.45. The fourth-order valence-electron chi connectivity index (χ4n) is 3.69. The fraction of sp³-hybridized carbons (Fsp3) is 0.348. The van der Waals surface area contributed by atoms with E-state index in [0.717, 1.165) is 24.2 Å². The first-order valence-corrected chi connectivity index (χ1v) is 12.1. The quantitative estimate of drug-likeness (QED) is 0.447. The summed E-state index contributed by atoms with van der Waals surface area (Å²) in [5, 5.41) is 13.8. The number of hydrogen-bond acceptors (Lipinski definition) is 7. The minimum atomic E-state index is -3.98. The van der Waals surface area contributed by atoms with Crippen LogP contribution in [0.4, 0.5) is 11.5 Å². The van der Waals surface area contributed by atoms with Gasteiger partial charge >= 0.3 is 5.97 Å². The molecule has 0 unspecified atom stereocenters. The molecular formula is C23H29N5O5S. The van der Waals surface area contributed by atoms with E-state index in [1.165, 1.54) is 49.2 Å². The second-order valence-corrected chi connectivity index (χ2v) is 9.66. The maximum absolute atomic E-state index is 13.0. The number of carboxylic acid groups (broad SMARTS) is 1. The lowest BCUT2D eigenvalue weighted by molar-refractivity contribution is 0.0696. The largest absolute Gasteiger partial charge is 0.497 e. The summed E-state index contributed by atoms with van der Waals surface area (Å²) in [6.45, 7) is 4.58. The molecule has 0 spiro atoms. The fourth-order valence-corrected chi connectivity index (χ4v) is 4.74. The van der Waals surface area contributed by atoms with E-state index in [1.807, 2.05) is 25.6 Å². The molecule has 0 aliphatic rings. The van der Waals surface area contributed by atoms with E-state index < -0.39 is 16.0 Å². The molecule has 3 aromatic rings. The normalized spacial score (nSPS) is 11.3. The highest BCUT2D eigenvalue weighted by Crippen LogP contribution is 2.28. The first-order valence-electron chi connectivity index (χ1n) is 10.6. The Hall–Kier alpha value is -3.60. The Balaban J connectivity index is 1.83. The number of nitrogens with one attached hydrogen (secondary N) is 1. The lowest BCUT2D eigenvalue weighted by Gasteiger charge is -2.22. The molecule has 182 valence electrons. The average Bonchev–Trinajstić information content (AvgIpc) is 3.04. The molecule has 0 aliphatic carbocycles. The smallest absolute Gasteiger partial charge is 0.337 e. The lowest BCUT2D eigenvalue weighted by Crippen LogP contribution is -2.24. The van der Waals surface area contributed by atoms with Gasteiger partial charge in [0, 0.05) is 32.5 Å². The minimum absolute atomic E-state index is 0.0187. The van der Waals surface area contributed by atoms with E-state index in [9.17, 15) is 18.3 Å². The molecule has 34 heavy (non-hydrogen) atoms. The zero-order valence-electron chi connectivity index (χ0n) is 19.9. The highest BCUT2D eigenvalue weighted by atomic mass is 32.2. The molecule has 2 heterocycles. The zero-order valence-corrected chi connectivity index (χ0v) is 20.7. The van der Waals surface area contributed by atoms with Crippen LogP contribution in [0.5, 0.6) is 5.75 Å². The number of anilines is 2. The summed E-state index contributed by atoms with van der Waals surface area (Å²) in [5.41, 5.74) is 3.25. The Bertz CT molecular complexity index is 1290.